The Labute approximate surface area is 76.9 Å². The third-order valence-corrected chi connectivity index (χ3v) is 3.67. The van der Waals surface area contributed by atoms with E-state index in [0.717, 1.165) is 38.9 Å². The molecule has 1 aliphatic rings. The highest BCUT2D eigenvalue weighted by molar-refractivity contribution is 7.83. The largest absolute Gasteiger partial charge is 0.304 e. The Morgan fingerprint density at radius 1 is 1.50 bits per heavy atom. The van der Waals surface area contributed by atoms with Crippen LogP contribution in [0.5, 0.6) is 0 Å². The molecule has 12 heavy (non-hydrogen) atoms. The second kappa shape index (κ2) is 4.94. The van der Waals surface area contributed by atoms with Gasteiger partial charge in [0.1, 0.15) is 0 Å². The molecule has 2 unspecified atom stereocenters. The van der Waals surface area contributed by atoms with Gasteiger partial charge in [-0.15, -0.1) is 0 Å². The average molecular weight is 190 g/mol. The van der Waals surface area contributed by atoms with Crippen molar-refractivity contribution in [2.24, 2.45) is 5.14 Å². The first-order chi connectivity index (χ1) is 5.74. The van der Waals surface area contributed by atoms with Gasteiger partial charge in [0.15, 0.2) is 0 Å². The van der Waals surface area contributed by atoms with Gasteiger partial charge in [0, 0.05) is 0 Å². The van der Waals surface area contributed by atoms with E-state index in [1.807, 2.05) is 0 Å². The van der Waals surface area contributed by atoms with E-state index in [1.54, 1.807) is 0 Å². The van der Waals surface area contributed by atoms with E-state index in [-0.39, 0.29) is 5.25 Å². The van der Waals surface area contributed by atoms with E-state index in [4.69, 9.17) is 5.14 Å². The van der Waals surface area contributed by atoms with Crippen LogP contribution in [0.3, 0.4) is 0 Å². The maximum Gasteiger partial charge on any atom is 0.0920 e. The van der Waals surface area contributed by atoms with E-state index in [1.165, 1.54) is 0 Å². The van der Waals surface area contributed by atoms with Crippen molar-refractivity contribution in [3.63, 3.8) is 0 Å². The van der Waals surface area contributed by atoms with Crippen LogP contribution >= 0.6 is 0 Å². The van der Waals surface area contributed by atoms with Gasteiger partial charge in [-0.3, -0.25) is 5.14 Å². The molecule has 4 heteroatoms. The molecule has 2 N–H and O–H groups in total. The SMILES string of the molecule is CCN1CCCC(S(N)=O)CC1. The molecule has 0 aromatic rings. The highest BCUT2D eigenvalue weighted by Gasteiger charge is 2.18. The van der Waals surface area contributed by atoms with Crippen LogP contribution in [-0.4, -0.2) is 34.0 Å². The molecule has 0 aromatic heterocycles. The molecule has 1 rings (SSSR count). The van der Waals surface area contributed by atoms with Crippen LogP contribution < -0.4 is 5.14 Å². The predicted molar refractivity (Wildman–Crippen MR) is 52.1 cm³/mol. The zero-order valence-electron chi connectivity index (χ0n) is 7.66. The van der Waals surface area contributed by atoms with E-state index in [2.05, 4.69) is 11.8 Å². The molecule has 72 valence electrons. The molecular formula is C8H18N2OS. The maximum absolute atomic E-state index is 11.0. The summed E-state index contributed by atoms with van der Waals surface area (Å²) in [5.74, 6) is 0. The van der Waals surface area contributed by atoms with Crippen molar-refractivity contribution in [3.8, 4) is 0 Å². The molecule has 1 saturated heterocycles. The van der Waals surface area contributed by atoms with Crippen molar-refractivity contribution in [2.45, 2.75) is 31.4 Å². The van der Waals surface area contributed by atoms with Crippen molar-refractivity contribution in [1.82, 2.24) is 4.90 Å². The summed E-state index contributed by atoms with van der Waals surface area (Å²) >= 11 is 0. The smallest absolute Gasteiger partial charge is 0.0920 e. The number of nitrogens with two attached hydrogens (primary N) is 1. The van der Waals surface area contributed by atoms with E-state index in [9.17, 15) is 4.21 Å². The number of rotatable bonds is 2. The van der Waals surface area contributed by atoms with Gasteiger partial charge in [-0.05, 0) is 38.9 Å². The zero-order valence-corrected chi connectivity index (χ0v) is 8.48. The van der Waals surface area contributed by atoms with E-state index in [0.29, 0.717) is 0 Å². The topological polar surface area (TPSA) is 46.3 Å². The predicted octanol–water partition coefficient (Wildman–Crippen LogP) is 0.483. The van der Waals surface area contributed by atoms with Gasteiger partial charge in [0.25, 0.3) is 0 Å². The minimum atomic E-state index is -1.11. The number of likely N-dealkylation sites (tertiary alicyclic amines) is 1. The van der Waals surface area contributed by atoms with E-state index < -0.39 is 11.0 Å². The minimum Gasteiger partial charge on any atom is -0.304 e. The molecule has 0 aromatic carbocycles. The number of nitrogens with zero attached hydrogens (tertiary/aromatic N) is 1. The van der Waals surface area contributed by atoms with Gasteiger partial charge in [-0.25, -0.2) is 4.21 Å². The van der Waals surface area contributed by atoms with Crippen molar-refractivity contribution in [1.29, 1.82) is 0 Å². The molecule has 3 nitrogen and oxygen atoms in total. The zero-order chi connectivity index (χ0) is 8.97. The molecule has 1 fully saturated rings. The molecule has 1 heterocycles. The highest BCUT2D eigenvalue weighted by atomic mass is 32.2. The summed E-state index contributed by atoms with van der Waals surface area (Å²) in [5.41, 5.74) is 0. The lowest BCUT2D eigenvalue weighted by atomic mass is 10.2. The fourth-order valence-electron chi connectivity index (χ4n) is 1.67. The Morgan fingerprint density at radius 3 is 2.83 bits per heavy atom. The lowest BCUT2D eigenvalue weighted by Crippen LogP contribution is -2.26. The molecule has 1 aliphatic heterocycles. The Morgan fingerprint density at radius 2 is 2.25 bits per heavy atom. The summed E-state index contributed by atoms with van der Waals surface area (Å²) in [6.45, 7) is 5.47. The Balaban J connectivity index is 2.39. The Hall–Kier alpha value is 0.0700. The second-order valence-electron chi connectivity index (χ2n) is 3.32. The van der Waals surface area contributed by atoms with E-state index >= 15 is 0 Å². The molecule has 0 radical (unpaired) electrons. The van der Waals surface area contributed by atoms with Gasteiger partial charge >= 0.3 is 0 Å². The van der Waals surface area contributed by atoms with Crippen molar-refractivity contribution in [2.75, 3.05) is 19.6 Å². The van der Waals surface area contributed by atoms with Gasteiger partial charge < -0.3 is 4.90 Å². The summed E-state index contributed by atoms with van der Waals surface area (Å²) in [6, 6.07) is 0. The van der Waals surface area contributed by atoms with Gasteiger partial charge in [0.2, 0.25) is 0 Å². The third-order valence-electron chi connectivity index (χ3n) is 2.54. The van der Waals surface area contributed by atoms with Gasteiger partial charge in [0.05, 0.1) is 16.2 Å². The molecule has 0 amide bonds. The van der Waals surface area contributed by atoms with Gasteiger partial charge in [-0.2, -0.15) is 0 Å². The summed E-state index contributed by atoms with van der Waals surface area (Å²) < 4.78 is 11.0. The normalized spacial score (nSPS) is 29.7. The molecule has 2 atom stereocenters. The first-order valence-electron chi connectivity index (χ1n) is 4.61. The van der Waals surface area contributed by atoms with Crippen molar-refractivity contribution >= 4 is 11.0 Å². The van der Waals surface area contributed by atoms with Crippen LogP contribution in [0.1, 0.15) is 26.2 Å². The van der Waals surface area contributed by atoms with Crippen LogP contribution in [-0.2, 0) is 11.0 Å². The van der Waals surface area contributed by atoms with Crippen LogP contribution in [0.2, 0.25) is 0 Å². The quantitative estimate of drug-likeness (QED) is 0.688. The van der Waals surface area contributed by atoms with Crippen molar-refractivity contribution in [3.05, 3.63) is 0 Å². The molecule has 0 bridgehead atoms. The van der Waals surface area contributed by atoms with Crippen LogP contribution in [0.25, 0.3) is 0 Å². The van der Waals surface area contributed by atoms with Gasteiger partial charge in [-0.1, -0.05) is 6.92 Å². The molecule has 0 spiro atoms. The summed E-state index contributed by atoms with van der Waals surface area (Å²) in [6.07, 6.45) is 3.16. The first-order valence-corrected chi connectivity index (χ1v) is 5.89. The third kappa shape index (κ3) is 2.84. The monoisotopic (exact) mass is 190 g/mol. The van der Waals surface area contributed by atoms with Crippen molar-refractivity contribution < 1.29 is 4.21 Å². The Bertz CT molecular complexity index is 163. The molecular weight excluding hydrogens is 172 g/mol. The fraction of sp³-hybridized carbons (Fsp3) is 1.00. The number of hydrogen-bond acceptors (Lipinski definition) is 2. The standard InChI is InChI=1S/C8H18N2OS/c1-2-10-6-3-4-8(5-7-10)12(9)11/h8H,2-7,9H2,1H3. The summed E-state index contributed by atoms with van der Waals surface area (Å²) in [5, 5.41) is 5.61. The number of hydrogen-bond donors (Lipinski definition) is 1. The Kier molecular flexibility index (Phi) is 4.18. The van der Waals surface area contributed by atoms with Crippen LogP contribution in [0, 0.1) is 0 Å². The van der Waals surface area contributed by atoms with Crippen LogP contribution in [0.4, 0.5) is 0 Å². The maximum atomic E-state index is 11.0. The lowest BCUT2D eigenvalue weighted by molar-refractivity contribution is 0.301. The first kappa shape index (κ1) is 10.2. The lowest BCUT2D eigenvalue weighted by Gasteiger charge is -2.16. The molecule has 0 saturated carbocycles. The average Bonchev–Trinajstić information content (AvgIpc) is 2.28. The molecule has 0 aliphatic carbocycles. The minimum absolute atomic E-state index is 0.238. The summed E-state index contributed by atoms with van der Waals surface area (Å²) in [4.78, 5) is 2.40. The highest BCUT2D eigenvalue weighted by Crippen LogP contribution is 2.13. The summed E-state index contributed by atoms with van der Waals surface area (Å²) in [7, 11) is -1.11. The second-order valence-corrected chi connectivity index (χ2v) is 4.64. The van der Waals surface area contributed by atoms with Crippen LogP contribution in [0.15, 0.2) is 0 Å². The fourth-order valence-corrected chi connectivity index (χ4v) is 2.41.